The number of para-hydroxylation sites is 7. The number of benzene rings is 8. The minimum Gasteiger partial charge on any atom is -0.454 e. The van der Waals surface area contributed by atoms with Crippen molar-refractivity contribution in [3.63, 3.8) is 0 Å². The molecule has 4 aromatic heterocycles. The molecule has 0 aliphatic carbocycles. The number of furan rings is 1. The first-order chi connectivity index (χ1) is 27.8. The standard InChI is InChI=1S/C50H31N5O/c1-3-16-32(17-4-1)49-51-52-50(53(49)33-18-5-2-6-19-33)40-24-15-23-37-34-20-7-10-25-41(34)54(46(37)40)43-27-12-13-28-44(43)55-42-26-11-8-21-35(42)38-30-31-39-36-22-9-14-29-45(36)56-48(39)47(38)55/h1-31H. The molecule has 0 unspecified atom stereocenters. The van der Waals surface area contributed by atoms with Crippen LogP contribution in [0.3, 0.4) is 0 Å². The van der Waals surface area contributed by atoms with Gasteiger partial charge in [0.05, 0.1) is 33.4 Å². The van der Waals surface area contributed by atoms with Gasteiger partial charge in [-0.2, -0.15) is 0 Å². The van der Waals surface area contributed by atoms with Gasteiger partial charge >= 0.3 is 0 Å². The number of fused-ring (bicyclic) bond motifs is 10. The second-order valence-corrected chi connectivity index (χ2v) is 14.2. The van der Waals surface area contributed by atoms with Crippen molar-refractivity contribution in [2.75, 3.05) is 0 Å². The van der Waals surface area contributed by atoms with Crippen molar-refractivity contribution in [1.82, 2.24) is 23.9 Å². The molecule has 0 spiro atoms. The molecule has 0 saturated carbocycles. The van der Waals surface area contributed by atoms with E-state index >= 15 is 0 Å². The Morgan fingerprint density at radius 1 is 0.357 bits per heavy atom. The Morgan fingerprint density at radius 2 is 0.893 bits per heavy atom. The van der Waals surface area contributed by atoms with Gasteiger partial charge in [0.25, 0.3) is 0 Å². The molecule has 8 aromatic carbocycles. The summed E-state index contributed by atoms with van der Waals surface area (Å²) < 4.78 is 13.8. The van der Waals surface area contributed by atoms with E-state index < -0.39 is 0 Å². The average Bonchev–Trinajstić information content (AvgIpc) is 4.04. The van der Waals surface area contributed by atoms with Gasteiger partial charge in [-0.3, -0.25) is 4.57 Å². The second kappa shape index (κ2) is 11.9. The van der Waals surface area contributed by atoms with Gasteiger partial charge in [0.1, 0.15) is 5.58 Å². The summed E-state index contributed by atoms with van der Waals surface area (Å²) in [6.07, 6.45) is 0. The van der Waals surface area contributed by atoms with Crippen LogP contribution in [-0.2, 0) is 0 Å². The fraction of sp³-hybridized carbons (Fsp3) is 0. The zero-order chi connectivity index (χ0) is 36.7. The minimum absolute atomic E-state index is 0.767. The number of aromatic nitrogens is 5. The van der Waals surface area contributed by atoms with Gasteiger partial charge in [-0.05, 0) is 54.6 Å². The Balaban J connectivity index is 1.21. The second-order valence-electron chi connectivity index (χ2n) is 14.2. The van der Waals surface area contributed by atoms with Crippen LogP contribution >= 0.6 is 0 Å². The van der Waals surface area contributed by atoms with Gasteiger partial charge in [-0.25, -0.2) is 0 Å². The predicted octanol–water partition coefficient (Wildman–Crippen LogP) is 12.7. The van der Waals surface area contributed by atoms with Crippen LogP contribution in [-0.4, -0.2) is 23.9 Å². The summed E-state index contributed by atoms with van der Waals surface area (Å²) in [5.74, 6) is 1.55. The van der Waals surface area contributed by atoms with Crippen molar-refractivity contribution in [3.8, 4) is 39.8 Å². The molecule has 0 radical (unpaired) electrons. The van der Waals surface area contributed by atoms with Crippen molar-refractivity contribution in [2.24, 2.45) is 0 Å². The Hall–Kier alpha value is -7.70. The molecule has 6 heteroatoms. The van der Waals surface area contributed by atoms with Crippen molar-refractivity contribution in [2.45, 2.75) is 0 Å². The van der Waals surface area contributed by atoms with Crippen LogP contribution in [0.25, 0.3) is 105 Å². The van der Waals surface area contributed by atoms with Crippen LogP contribution in [0.5, 0.6) is 0 Å². The first kappa shape index (κ1) is 30.7. The normalized spacial score (nSPS) is 11.9. The predicted molar refractivity (Wildman–Crippen MR) is 228 cm³/mol. The van der Waals surface area contributed by atoms with Crippen molar-refractivity contribution in [1.29, 1.82) is 0 Å². The molecule has 0 saturated heterocycles. The maximum absolute atomic E-state index is 6.75. The summed E-state index contributed by atoms with van der Waals surface area (Å²) >= 11 is 0. The van der Waals surface area contributed by atoms with E-state index in [-0.39, 0.29) is 0 Å². The molecule has 0 atom stereocenters. The lowest BCUT2D eigenvalue weighted by Gasteiger charge is -2.18. The lowest BCUT2D eigenvalue weighted by Crippen LogP contribution is -2.05. The molecule has 262 valence electrons. The largest absolute Gasteiger partial charge is 0.454 e. The summed E-state index contributed by atoms with van der Waals surface area (Å²) in [5.41, 5.74) is 11.1. The molecule has 12 rings (SSSR count). The molecular formula is C50H31N5O. The SMILES string of the molecule is c1ccc(-c2nnc(-c3cccc4c5ccccc5n(-c5ccccc5-n5c6ccccc6c6ccc7c8ccccc8oc7c65)c34)n2-c2ccccc2)cc1. The third-order valence-corrected chi connectivity index (χ3v) is 11.2. The zero-order valence-electron chi connectivity index (χ0n) is 30.0. The van der Waals surface area contributed by atoms with Gasteiger partial charge in [0, 0.05) is 49.1 Å². The third kappa shape index (κ3) is 4.32. The molecule has 0 aliphatic heterocycles. The first-order valence-corrected chi connectivity index (χ1v) is 18.9. The summed E-state index contributed by atoms with van der Waals surface area (Å²) in [7, 11) is 0. The number of hydrogen-bond donors (Lipinski definition) is 0. The lowest BCUT2D eigenvalue weighted by atomic mass is 10.1. The molecule has 0 fully saturated rings. The van der Waals surface area contributed by atoms with E-state index in [2.05, 4.69) is 171 Å². The molecular weight excluding hydrogens is 687 g/mol. The number of nitrogens with zero attached hydrogens (tertiary/aromatic N) is 5. The highest BCUT2D eigenvalue weighted by molar-refractivity contribution is 6.22. The van der Waals surface area contributed by atoms with Gasteiger partial charge in [0.2, 0.25) is 0 Å². The first-order valence-electron chi connectivity index (χ1n) is 18.9. The van der Waals surface area contributed by atoms with Crippen molar-refractivity contribution >= 4 is 65.6 Å². The fourth-order valence-corrected chi connectivity index (χ4v) is 8.83. The van der Waals surface area contributed by atoms with E-state index in [0.29, 0.717) is 0 Å². The quantitative estimate of drug-likeness (QED) is 0.178. The molecule has 0 amide bonds. The van der Waals surface area contributed by atoms with Crippen LogP contribution in [0, 0.1) is 0 Å². The van der Waals surface area contributed by atoms with Gasteiger partial charge in [-0.15, -0.1) is 10.2 Å². The van der Waals surface area contributed by atoms with Crippen LogP contribution in [0.15, 0.2) is 192 Å². The van der Waals surface area contributed by atoms with E-state index in [1.807, 2.05) is 30.3 Å². The van der Waals surface area contributed by atoms with E-state index in [0.717, 1.165) is 100 Å². The van der Waals surface area contributed by atoms with Crippen LogP contribution in [0.1, 0.15) is 0 Å². The lowest BCUT2D eigenvalue weighted by molar-refractivity contribution is 0.671. The van der Waals surface area contributed by atoms with Gasteiger partial charge < -0.3 is 13.6 Å². The molecule has 12 aromatic rings. The molecule has 0 bridgehead atoms. The fourth-order valence-electron chi connectivity index (χ4n) is 8.83. The number of rotatable bonds is 5. The summed E-state index contributed by atoms with van der Waals surface area (Å²) in [6.45, 7) is 0. The minimum atomic E-state index is 0.767. The van der Waals surface area contributed by atoms with Crippen molar-refractivity contribution < 1.29 is 4.42 Å². The maximum Gasteiger partial charge on any atom is 0.171 e. The summed E-state index contributed by atoms with van der Waals surface area (Å²) in [6, 6.07) is 66.1. The summed E-state index contributed by atoms with van der Waals surface area (Å²) in [4.78, 5) is 0. The Bertz CT molecular complexity index is 3480. The zero-order valence-corrected chi connectivity index (χ0v) is 30.0. The Kier molecular flexibility index (Phi) is 6.53. The highest BCUT2D eigenvalue weighted by Gasteiger charge is 2.25. The van der Waals surface area contributed by atoms with Crippen LogP contribution in [0.2, 0.25) is 0 Å². The van der Waals surface area contributed by atoms with E-state index in [4.69, 9.17) is 14.6 Å². The smallest absolute Gasteiger partial charge is 0.171 e. The molecule has 0 aliphatic rings. The van der Waals surface area contributed by atoms with Gasteiger partial charge in [-0.1, -0.05) is 133 Å². The Labute approximate surface area is 320 Å². The van der Waals surface area contributed by atoms with Crippen LogP contribution < -0.4 is 0 Å². The van der Waals surface area contributed by atoms with E-state index in [1.165, 1.54) is 5.39 Å². The topological polar surface area (TPSA) is 53.7 Å². The van der Waals surface area contributed by atoms with Crippen LogP contribution in [0.4, 0.5) is 0 Å². The van der Waals surface area contributed by atoms with Crippen molar-refractivity contribution in [3.05, 3.63) is 188 Å². The molecule has 0 N–H and O–H groups in total. The van der Waals surface area contributed by atoms with Gasteiger partial charge in [0.15, 0.2) is 17.2 Å². The molecule has 6 nitrogen and oxygen atoms in total. The number of hydrogen-bond acceptors (Lipinski definition) is 3. The third-order valence-electron chi connectivity index (χ3n) is 11.2. The maximum atomic E-state index is 6.75. The average molecular weight is 718 g/mol. The summed E-state index contributed by atoms with van der Waals surface area (Å²) in [5, 5.41) is 16.7. The van der Waals surface area contributed by atoms with E-state index in [9.17, 15) is 0 Å². The highest BCUT2D eigenvalue weighted by Crippen LogP contribution is 2.44. The molecule has 56 heavy (non-hydrogen) atoms. The highest BCUT2D eigenvalue weighted by atomic mass is 16.3. The monoisotopic (exact) mass is 717 g/mol. The molecule has 4 heterocycles. The van der Waals surface area contributed by atoms with E-state index in [1.54, 1.807) is 0 Å². The Morgan fingerprint density at radius 3 is 1.62 bits per heavy atom.